The number of halogens is 7. The third-order valence-electron chi connectivity index (χ3n) is 6.02. The molecule has 0 saturated carbocycles. The Balaban J connectivity index is 0.00000441. The van der Waals surface area contributed by atoms with Crippen LogP contribution in [-0.4, -0.2) is 51.8 Å². The van der Waals surface area contributed by atoms with Crippen molar-refractivity contribution >= 4 is 15.9 Å². The van der Waals surface area contributed by atoms with E-state index in [2.05, 4.69) is 20.3 Å². The molecule has 1 N–H and O–H groups in total. The molecule has 1 aromatic carbocycles. The summed E-state index contributed by atoms with van der Waals surface area (Å²) in [5, 5.41) is 2.37. The van der Waals surface area contributed by atoms with Gasteiger partial charge in [0, 0.05) is 31.4 Å². The molecule has 2 aromatic heterocycles. The van der Waals surface area contributed by atoms with Crippen LogP contribution in [0.5, 0.6) is 0 Å². The number of hydrogen-bond donors (Lipinski definition) is 1. The fourth-order valence-electron chi connectivity index (χ4n) is 4.03. The third kappa shape index (κ3) is 5.71. The van der Waals surface area contributed by atoms with E-state index in [4.69, 9.17) is 0 Å². The summed E-state index contributed by atoms with van der Waals surface area (Å²) in [4.78, 5) is 22.4. The van der Waals surface area contributed by atoms with Gasteiger partial charge in [0.1, 0.15) is 18.0 Å². The Hall–Kier alpha value is -3.66. The van der Waals surface area contributed by atoms with Gasteiger partial charge in [0.25, 0.3) is 0 Å². The number of alkyl halides is 4. The number of carbonyl (C=O) groups excluding carboxylic acids is 1. The predicted molar refractivity (Wildman–Crippen MR) is 122 cm³/mol. The van der Waals surface area contributed by atoms with Crippen LogP contribution in [0.15, 0.2) is 47.8 Å². The van der Waals surface area contributed by atoms with Crippen LogP contribution in [0.3, 0.4) is 0 Å². The van der Waals surface area contributed by atoms with Crippen molar-refractivity contribution in [3.8, 4) is 11.1 Å². The summed E-state index contributed by atoms with van der Waals surface area (Å²) in [7, 11) is -4.63. The molecule has 0 spiro atoms. The number of sulfonamides is 1. The first-order chi connectivity index (χ1) is 18.2. The Morgan fingerprint density at radius 3 is 2.33 bits per heavy atom. The molecule has 3 atom stereocenters. The molecule has 0 radical (unpaired) electrons. The fourth-order valence-corrected chi connectivity index (χ4v) is 5.86. The lowest BCUT2D eigenvalue weighted by Gasteiger charge is -2.27. The van der Waals surface area contributed by atoms with Crippen LogP contribution in [-0.2, 0) is 27.5 Å². The third-order valence-corrected chi connectivity index (χ3v) is 8.01. The van der Waals surface area contributed by atoms with Crippen molar-refractivity contribution < 1.29 is 45.4 Å². The second-order valence-electron chi connectivity index (χ2n) is 8.59. The minimum Gasteiger partial charge on any atom is -0.349 e. The molecular formula is C23H20F7N5O3S. The highest BCUT2D eigenvalue weighted by molar-refractivity contribution is 7.89. The van der Waals surface area contributed by atoms with Gasteiger partial charge >= 0.3 is 6.18 Å². The monoisotopic (exact) mass is 579 g/mol. The molecule has 1 aliphatic heterocycles. The number of carbonyl (C=O) groups is 1. The highest BCUT2D eigenvalue weighted by Gasteiger charge is 2.49. The molecular weight excluding hydrogens is 559 g/mol. The summed E-state index contributed by atoms with van der Waals surface area (Å²) >= 11 is 0. The number of benzene rings is 1. The molecule has 1 fully saturated rings. The van der Waals surface area contributed by atoms with Crippen molar-refractivity contribution in [2.75, 3.05) is 0 Å². The van der Waals surface area contributed by atoms with Crippen LogP contribution in [0.1, 0.15) is 26.3 Å². The minimum atomic E-state index is -4.80. The number of amides is 1. The molecule has 4 rings (SSSR count). The Morgan fingerprint density at radius 2 is 1.72 bits per heavy atom. The zero-order valence-electron chi connectivity index (χ0n) is 19.8. The molecule has 1 saturated heterocycles. The summed E-state index contributed by atoms with van der Waals surface area (Å²) < 4.78 is 121. The second kappa shape index (κ2) is 10.5. The second-order valence-corrected chi connectivity index (χ2v) is 10.4. The average Bonchev–Trinajstić information content (AvgIpc) is 3.19. The molecule has 3 aromatic rings. The zero-order valence-corrected chi connectivity index (χ0v) is 20.6. The molecule has 210 valence electrons. The molecule has 0 aliphatic carbocycles. The van der Waals surface area contributed by atoms with Crippen molar-refractivity contribution in [3.63, 3.8) is 0 Å². The molecule has 0 bridgehead atoms. The van der Waals surface area contributed by atoms with E-state index >= 15 is 0 Å². The number of hydrogen-bond acceptors (Lipinski definition) is 6. The Labute approximate surface area is 218 Å². The topological polar surface area (TPSA) is 105 Å². The maximum absolute atomic E-state index is 14.6. The van der Waals surface area contributed by atoms with E-state index in [1.54, 1.807) is 0 Å². The Morgan fingerprint density at radius 1 is 1.05 bits per heavy atom. The Bertz CT molecular complexity index is 1510. The largest absolute Gasteiger partial charge is 0.451 e. The van der Waals surface area contributed by atoms with Crippen molar-refractivity contribution in [1.29, 1.82) is 0 Å². The summed E-state index contributed by atoms with van der Waals surface area (Å²) in [5.74, 6) is -6.03. The lowest BCUT2D eigenvalue weighted by Crippen LogP contribution is -2.48. The first-order valence-electron chi connectivity index (χ1n) is 11.1. The van der Waals surface area contributed by atoms with Crippen LogP contribution in [0.25, 0.3) is 11.1 Å². The standard InChI is InChI=1S/C23H18F7N5O3S.H2/c1-11-17(25)6-20(35(11)39(37,38)14-2-3-16(24)18(26)5-14)21(36)32-9-13-4-15(19(27)10-31-13)12-7-33-22(34-8-12)23(28,29)30;/h2-5,7-8,10-11,17,20H,6,9H2,1H3,(H,32,36);1H/t11-,17+,20-;/m0./s1. The normalized spacial score (nSPS) is 20.3. The van der Waals surface area contributed by atoms with Crippen molar-refractivity contribution in [3.05, 3.63) is 71.8 Å². The minimum absolute atomic E-state index is 0. The van der Waals surface area contributed by atoms with Crippen molar-refractivity contribution in [2.45, 2.75) is 49.2 Å². The van der Waals surface area contributed by atoms with Gasteiger partial charge in [0.15, 0.2) is 11.6 Å². The Kier molecular flexibility index (Phi) is 7.62. The van der Waals surface area contributed by atoms with E-state index in [1.807, 2.05) is 0 Å². The summed E-state index contributed by atoms with van der Waals surface area (Å²) in [6, 6.07) is 0.0465. The first kappa shape index (κ1) is 28.4. The number of pyridine rings is 1. The average molecular weight is 579 g/mol. The maximum Gasteiger partial charge on any atom is 0.451 e. The molecule has 1 aliphatic rings. The van der Waals surface area contributed by atoms with E-state index in [0.29, 0.717) is 16.4 Å². The van der Waals surface area contributed by atoms with Crippen molar-refractivity contribution in [1.82, 2.24) is 24.6 Å². The van der Waals surface area contributed by atoms with Gasteiger partial charge in [0.05, 0.1) is 29.4 Å². The molecule has 16 heteroatoms. The van der Waals surface area contributed by atoms with Gasteiger partial charge in [-0.2, -0.15) is 17.5 Å². The van der Waals surface area contributed by atoms with Crippen LogP contribution in [0.2, 0.25) is 0 Å². The number of nitrogens with one attached hydrogen (secondary N) is 1. The number of rotatable bonds is 6. The molecule has 3 heterocycles. The molecule has 8 nitrogen and oxygen atoms in total. The number of aromatic nitrogens is 3. The molecule has 39 heavy (non-hydrogen) atoms. The van der Waals surface area contributed by atoms with E-state index in [0.717, 1.165) is 30.7 Å². The van der Waals surface area contributed by atoms with E-state index in [9.17, 15) is 43.9 Å². The van der Waals surface area contributed by atoms with Crippen LogP contribution in [0, 0.1) is 17.5 Å². The summed E-state index contributed by atoms with van der Waals surface area (Å²) in [6.07, 6.45) is -4.80. The van der Waals surface area contributed by atoms with E-state index < -0.39 is 81.5 Å². The molecule has 0 unspecified atom stereocenters. The van der Waals surface area contributed by atoms with Gasteiger partial charge < -0.3 is 5.32 Å². The lowest BCUT2D eigenvalue weighted by atomic mass is 10.1. The zero-order chi connectivity index (χ0) is 28.7. The van der Waals surface area contributed by atoms with Crippen LogP contribution in [0.4, 0.5) is 30.7 Å². The maximum atomic E-state index is 14.6. The number of nitrogens with zero attached hydrogens (tertiary/aromatic N) is 4. The summed E-state index contributed by atoms with van der Waals surface area (Å²) in [5.41, 5.74) is -0.300. The summed E-state index contributed by atoms with van der Waals surface area (Å²) in [6.45, 7) is 0.823. The SMILES string of the molecule is C[C@H]1[C@H](F)C[C@@H](C(=O)NCc2cc(-c3cnc(C(F)(F)F)nc3)c(F)cn2)N1S(=O)(=O)c1ccc(F)c(F)c1.[HH]. The smallest absolute Gasteiger partial charge is 0.349 e. The predicted octanol–water partition coefficient (Wildman–Crippen LogP) is 4.03. The van der Waals surface area contributed by atoms with Crippen LogP contribution < -0.4 is 5.32 Å². The highest BCUT2D eigenvalue weighted by atomic mass is 32.2. The van der Waals surface area contributed by atoms with E-state index in [-0.39, 0.29) is 18.2 Å². The van der Waals surface area contributed by atoms with Crippen LogP contribution >= 0.6 is 0 Å². The molecule has 1 amide bonds. The lowest BCUT2D eigenvalue weighted by molar-refractivity contribution is -0.145. The van der Waals surface area contributed by atoms with Gasteiger partial charge in [-0.05, 0) is 31.2 Å². The van der Waals surface area contributed by atoms with Gasteiger partial charge in [-0.1, -0.05) is 0 Å². The van der Waals surface area contributed by atoms with E-state index in [1.165, 1.54) is 6.92 Å². The van der Waals surface area contributed by atoms with Crippen molar-refractivity contribution in [2.24, 2.45) is 0 Å². The van der Waals surface area contributed by atoms with Gasteiger partial charge in [-0.15, -0.1) is 0 Å². The van der Waals surface area contributed by atoms with Gasteiger partial charge in [-0.3, -0.25) is 9.78 Å². The fraction of sp³-hybridized carbons (Fsp3) is 0.304. The highest BCUT2D eigenvalue weighted by Crippen LogP contribution is 2.34. The van der Waals surface area contributed by atoms with Gasteiger partial charge in [-0.25, -0.2) is 35.9 Å². The van der Waals surface area contributed by atoms with Gasteiger partial charge in [0.2, 0.25) is 21.8 Å². The quantitative estimate of drug-likeness (QED) is 0.443. The first-order valence-corrected chi connectivity index (χ1v) is 12.6.